The molecule has 0 saturated heterocycles. The Bertz CT molecular complexity index is 1190. The SMILES string of the molecule is CCc1cccc(CNC[C@@H](O)[C@H](Cc2cc(F)cc(F)c2)NC(=O)CCC(=O)Nc2nnc(C)s2)c1. The molecule has 37 heavy (non-hydrogen) atoms. The van der Waals surface area contributed by atoms with Crippen LogP contribution in [0.1, 0.15) is 41.5 Å². The van der Waals surface area contributed by atoms with Gasteiger partial charge in [-0.05, 0) is 48.6 Å². The van der Waals surface area contributed by atoms with E-state index in [1.807, 2.05) is 18.2 Å². The maximum absolute atomic E-state index is 13.7. The highest BCUT2D eigenvalue weighted by Crippen LogP contribution is 2.15. The highest BCUT2D eigenvalue weighted by Gasteiger charge is 2.23. The molecule has 0 aliphatic carbocycles. The molecule has 198 valence electrons. The number of nitrogens with one attached hydrogen (secondary N) is 3. The molecule has 0 bridgehead atoms. The Kier molecular flexibility index (Phi) is 10.6. The molecule has 0 aliphatic heterocycles. The van der Waals surface area contributed by atoms with E-state index < -0.39 is 35.6 Å². The van der Waals surface area contributed by atoms with E-state index in [1.54, 1.807) is 6.92 Å². The summed E-state index contributed by atoms with van der Waals surface area (Å²) in [4.78, 5) is 24.8. The number of rotatable bonds is 13. The van der Waals surface area contributed by atoms with Crippen molar-refractivity contribution >= 4 is 28.3 Å². The molecule has 0 saturated carbocycles. The Morgan fingerprint density at radius 2 is 1.70 bits per heavy atom. The van der Waals surface area contributed by atoms with Gasteiger partial charge in [0, 0.05) is 32.0 Å². The lowest BCUT2D eigenvalue weighted by atomic mass is 10.00. The van der Waals surface area contributed by atoms with Crippen LogP contribution in [-0.4, -0.2) is 45.8 Å². The number of hydrogen-bond donors (Lipinski definition) is 4. The first-order chi connectivity index (χ1) is 17.7. The number of aliphatic hydroxyl groups excluding tert-OH is 1. The van der Waals surface area contributed by atoms with E-state index in [1.165, 1.54) is 16.9 Å². The highest BCUT2D eigenvalue weighted by atomic mass is 32.1. The average Bonchev–Trinajstić information content (AvgIpc) is 3.26. The summed E-state index contributed by atoms with van der Waals surface area (Å²) in [6, 6.07) is 10.3. The van der Waals surface area contributed by atoms with Crippen molar-refractivity contribution in [2.24, 2.45) is 0 Å². The lowest BCUT2D eigenvalue weighted by molar-refractivity contribution is -0.125. The molecular weight excluding hydrogens is 500 g/mol. The third-order valence-electron chi connectivity index (χ3n) is 5.62. The van der Waals surface area contributed by atoms with Gasteiger partial charge < -0.3 is 21.1 Å². The van der Waals surface area contributed by atoms with E-state index >= 15 is 0 Å². The summed E-state index contributed by atoms with van der Waals surface area (Å²) in [5, 5.41) is 28.0. The Labute approximate surface area is 218 Å². The second-order valence-corrected chi connectivity index (χ2v) is 9.88. The predicted octanol–water partition coefficient (Wildman–Crippen LogP) is 3.28. The van der Waals surface area contributed by atoms with Gasteiger partial charge in [0.15, 0.2) is 0 Å². The molecule has 0 spiro atoms. The van der Waals surface area contributed by atoms with Gasteiger partial charge in [-0.2, -0.15) is 0 Å². The van der Waals surface area contributed by atoms with Crippen molar-refractivity contribution in [2.75, 3.05) is 11.9 Å². The lowest BCUT2D eigenvalue weighted by Gasteiger charge is -2.25. The summed E-state index contributed by atoms with van der Waals surface area (Å²) in [6.45, 7) is 4.47. The molecule has 1 aromatic heterocycles. The molecule has 0 unspecified atom stereocenters. The second-order valence-electron chi connectivity index (χ2n) is 8.70. The number of nitrogens with zero attached hydrogens (tertiary/aromatic N) is 2. The van der Waals surface area contributed by atoms with Crippen molar-refractivity contribution < 1.29 is 23.5 Å². The molecule has 0 radical (unpaired) electrons. The number of aliphatic hydroxyl groups is 1. The predicted molar refractivity (Wildman–Crippen MR) is 138 cm³/mol. The van der Waals surface area contributed by atoms with Crippen molar-refractivity contribution in [3.05, 3.63) is 75.8 Å². The van der Waals surface area contributed by atoms with Crippen LogP contribution in [-0.2, 0) is 29.0 Å². The van der Waals surface area contributed by atoms with Gasteiger partial charge in [-0.1, -0.05) is 42.5 Å². The van der Waals surface area contributed by atoms with Gasteiger partial charge in [-0.25, -0.2) is 8.78 Å². The molecule has 11 heteroatoms. The number of benzene rings is 2. The maximum Gasteiger partial charge on any atom is 0.226 e. The zero-order valence-corrected chi connectivity index (χ0v) is 21.6. The molecule has 3 rings (SSSR count). The Balaban J connectivity index is 1.58. The molecule has 4 N–H and O–H groups in total. The number of aryl methyl sites for hydroxylation is 2. The molecule has 0 fully saturated rings. The summed E-state index contributed by atoms with van der Waals surface area (Å²) in [5.74, 6) is -2.36. The number of amides is 2. The minimum absolute atomic E-state index is 0.00481. The van der Waals surface area contributed by atoms with Crippen LogP contribution in [0.25, 0.3) is 0 Å². The van der Waals surface area contributed by atoms with Crippen molar-refractivity contribution in [1.82, 2.24) is 20.8 Å². The van der Waals surface area contributed by atoms with Crippen LogP contribution in [0.4, 0.5) is 13.9 Å². The largest absolute Gasteiger partial charge is 0.390 e. The van der Waals surface area contributed by atoms with E-state index in [-0.39, 0.29) is 25.8 Å². The van der Waals surface area contributed by atoms with E-state index in [0.717, 1.165) is 30.2 Å². The van der Waals surface area contributed by atoms with E-state index in [4.69, 9.17) is 0 Å². The first kappa shape index (κ1) is 28.3. The number of carbonyl (C=O) groups is 2. The summed E-state index contributed by atoms with van der Waals surface area (Å²) >= 11 is 1.22. The van der Waals surface area contributed by atoms with Crippen molar-refractivity contribution in [2.45, 2.75) is 58.2 Å². The number of carbonyl (C=O) groups excluding carboxylic acids is 2. The van der Waals surface area contributed by atoms with E-state index in [9.17, 15) is 23.5 Å². The molecule has 2 aromatic carbocycles. The van der Waals surface area contributed by atoms with Gasteiger partial charge in [0.25, 0.3) is 0 Å². The smallest absolute Gasteiger partial charge is 0.226 e. The monoisotopic (exact) mass is 531 g/mol. The van der Waals surface area contributed by atoms with Crippen LogP contribution in [0.15, 0.2) is 42.5 Å². The molecule has 2 amide bonds. The number of hydrogen-bond acceptors (Lipinski definition) is 7. The summed E-state index contributed by atoms with van der Waals surface area (Å²) in [6.07, 6.45) is -0.379. The van der Waals surface area contributed by atoms with E-state index in [0.29, 0.717) is 22.2 Å². The fourth-order valence-corrected chi connectivity index (χ4v) is 4.38. The highest BCUT2D eigenvalue weighted by molar-refractivity contribution is 7.15. The van der Waals surface area contributed by atoms with Crippen LogP contribution in [0, 0.1) is 18.6 Å². The normalized spacial score (nSPS) is 12.7. The minimum Gasteiger partial charge on any atom is -0.390 e. The van der Waals surface area contributed by atoms with Gasteiger partial charge >= 0.3 is 0 Å². The van der Waals surface area contributed by atoms with Gasteiger partial charge in [0.05, 0.1) is 12.1 Å². The van der Waals surface area contributed by atoms with Gasteiger partial charge in [-0.15, -0.1) is 10.2 Å². The minimum atomic E-state index is -1.05. The van der Waals surface area contributed by atoms with Crippen LogP contribution in [0.2, 0.25) is 0 Å². The number of halogens is 2. The Morgan fingerprint density at radius 1 is 1.00 bits per heavy atom. The molecule has 2 atom stereocenters. The summed E-state index contributed by atoms with van der Waals surface area (Å²) in [7, 11) is 0. The molecular formula is C26H31F2N5O3S. The second kappa shape index (κ2) is 13.9. The van der Waals surface area contributed by atoms with Crippen LogP contribution in [0.5, 0.6) is 0 Å². The Hall–Kier alpha value is -3.28. The molecule has 0 aliphatic rings. The summed E-state index contributed by atoms with van der Waals surface area (Å²) in [5.41, 5.74) is 2.54. The van der Waals surface area contributed by atoms with E-state index in [2.05, 4.69) is 39.1 Å². The topological polar surface area (TPSA) is 116 Å². The average molecular weight is 532 g/mol. The zero-order chi connectivity index (χ0) is 26.8. The molecule has 8 nitrogen and oxygen atoms in total. The first-order valence-corrected chi connectivity index (χ1v) is 12.8. The third kappa shape index (κ3) is 9.60. The zero-order valence-electron chi connectivity index (χ0n) is 20.8. The molecule has 3 aromatic rings. The van der Waals surface area contributed by atoms with Gasteiger partial charge in [0.1, 0.15) is 16.6 Å². The maximum atomic E-state index is 13.7. The Morgan fingerprint density at radius 3 is 2.38 bits per heavy atom. The number of aromatic nitrogens is 2. The fourth-order valence-electron chi connectivity index (χ4n) is 3.77. The van der Waals surface area contributed by atoms with Gasteiger partial charge in [0.2, 0.25) is 16.9 Å². The first-order valence-electron chi connectivity index (χ1n) is 12.0. The molecule has 1 heterocycles. The fraction of sp³-hybridized carbons (Fsp3) is 0.385. The van der Waals surface area contributed by atoms with Crippen molar-refractivity contribution in [3.8, 4) is 0 Å². The standard InChI is InChI=1S/C26H31F2N5O3S/c1-3-17-5-4-6-18(9-17)14-29-15-23(34)22(12-19-10-20(27)13-21(28)11-19)30-24(35)7-8-25(36)31-26-33-32-16(2)37-26/h4-6,9-11,13,22-23,29,34H,3,7-8,12,14-15H2,1-2H3,(H,30,35)(H,31,33,36)/t22-,23+/m0/s1. The van der Waals surface area contributed by atoms with Crippen LogP contribution < -0.4 is 16.0 Å². The van der Waals surface area contributed by atoms with Crippen LogP contribution in [0.3, 0.4) is 0 Å². The van der Waals surface area contributed by atoms with Gasteiger partial charge in [-0.3, -0.25) is 9.59 Å². The quantitative estimate of drug-likeness (QED) is 0.269. The lowest BCUT2D eigenvalue weighted by Crippen LogP contribution is -2.48. The third-order valence-corrected chi connectivity index (χ3v) is 6.38. The number of anilines is 1. The summed E-state index contributed by atoms with van der Waals surface area (Å²) < 4.78 is 27.5. The van der Waals surface area contributed by atoms with Crippen molar-refractivity contribution in [1.29, 1.82) is 0 Å². The van der Waals surface area contributed by atoms with Crippen LogP contribution >= 0.6 is 11.3 Å². The van der Waals surface area contributed by atoms with Crippen molar-refractivity contribution in [3.63, 3.8) is 0 Å².